The maximum absolute atomic E-state index is 12.3. The molecule has 1 fully saturated rings. The average Bonchev–Trinajstić information content (AvgIpc) is 2.62. The van der Waals surface area contributed by atoms with Crippen LogP contribution in [0.1, 0.15) is 30.1 Å². The molecule has 0 bridgehead atoms. The molecule has 142 valence electrons. The number of anilines is 1. The zero-order valence-electron chi connectivity index (χ0n) is 15.7. The fourth-order valence-corrected chi connectivity index (χ4v) is 3.16. The van der Waals surface area contributed by atoms with E-state index in [0.717, 1.165) is 24.3 Å². The Hall–Kier alpha value is -2.41. The van der Waals surface area contributed by atoms with E-state index in [-0.39, 0.29) is 23.7 Å². The van der Waals surface area contributed by atoms with E-state index >= 15 is 0 Å². The normalized spacial score (nSPS) is 19.5. The number of nitrogens with zero attached hydrogens (tertiary/aromatic N) is 1. The minimum atomic E-state index is -0.161. The molecule has 7 heteroatoms. The van der Waals surface area contributed by atoms with Crippen molar-refractivity contribution in [3.05, 3.63) is 29.8 Å². The van der Waals surface area contributed by atoms with Gasteiger partial charge in [0.05, 0.1) is 19.7 Å². The number of likely N-dealkylation sites (tertiary alicyclic amines) is 1. The third-order valence-electron chi connectivity index (χ3n) is 4.47. The first kappa shape index (κ1) is 19.9. The van der Waals surface area contributed by atoms with Gasteiger partial charge in [-0.05, 0) is 44.0 Å². The number of nitrogens with one attached hydrogen (secondary N) is 2. The van der Waals surface area contributed by atoms with Crippen LogP contribution in [0.15, 0.2) is 24.3 Å². The minimum absolute atomic E-state index is 0.0781. The number of ether oxygens (including phenoxy) is 1. The second kappa shape index (κ2) is 9.33. The quantitative estimate of drug-likeness (QED) is 0.708. The summed E-state index contributed by atoms with van der Waals surface area (Å²) in [5.41, 5.74) is 1.23. The molecule has 2 amide bonds. The lowest BCUT2D eigenvalue weighted by atomic mass is 9.98. The molecule has 2 rings (SSSR count). The van der Waals surface area contributed by atoms with Crippen molar-refractivity contribution >= 4 is 23.5 Å². The Morgan fingerprint density at radius 1 is 1.23 bits per heavy atom. The van der Waals surface area contributed by atoms with Gasteiger partial charge >= 0.3 is 5.97 Å². The number of quaternary nitrogens is 1. The van der Waals surface area contributed by atoms with E-state index in [1.54, 1.807) is 45.3 Å². The number of rotatable bonds is 6. The summed E-state index contributed by atoms with van der Waals surface area (Å²) in [6, 6.07) is 6.84. The Labute approximate surface area is 154 Å². The van der Waals surface area contributed by atoms with Gasteiger partial charge in [-0.3, -0.25) is 14.4 Å². The van der Waals surface area contributed by atoms with E-state index in [1.807, 2.05) is 0 Å². The maximum atomic E-state index is 12.3. The smallest absolute Gasteiger partial charge is 0.314 e. The summed E-state index contributed by atoms with van der Waals surface area (Å²) in [6.07, 6.45) is 1.73. The standard InChI is InChI=1S/C19H27N3O4/c1-4-26-19(25)15-6-5-11-22(12-15)13-17(23)20-16-9-7-14(8-10-16)18(24)21(2)3/h7-10,15H,4-6,11-13H2,1-3H3,(H,20,23)/p+1/t15-/m0/s1. The van der Waals surface area contributed by atoms with Crippen LogP contribution < -0.4 is 10.2 Å². The maximum Gasteiger partial charge on any atom is 0.314 e. The summed E-state index contributed by atoms with van der Waals surface area (Å²) in [6.45, 7) is 4.00. The van der Waals surface area contributed by atoms with Gasteiger partial charge in [0, 0.05) is 25.3 Å². The number of benzene rings is 1. The van der Waals surface area contributed by atoms with Crippen LogP contribution in [-0.4, -0.2) is 63.0 Å². The summed E-state index contributed by atoms with van der Waals surface area (Å²) in [7, 11) is 3.39. The molecule has 1 aromatic rings. The highest BCUT2D eigenvalue weighted by molar-refractivity contribution is 5.95. The highest BCUT2D eigenvalue weighted by Crippen LogP contribution is 2.11. The van der Waals surface area contributed by atoms with Crippen molar-refractivity contribution in [2.45, 2.75) is 19.8 Å². The SMILES string of the molecule is CCOC(=O)[C@H]1CCC[NH+](CC(=O)Nc2ccc(C(=O)N(C)C)cc2)C1. The van der Waals surface area contributed by atoms with Crippen molar-refractivity contribution in [3.63, 3.8) is 0 Å². The molecule has 1 aliphatic rings. The van der Waals surface area contributed by atoms with Gasteiger partial charge in [-0.1, -0.05) is 0 Å². The fourth-order valence-electron chi connectivity index (χ4n) is 3.16. The van der Waals surface area contributed by atoms with E-state index in [9.17, 15) is 14.4 Å². The molecule has 1 aliphatic heterocycles. The van der Waals surface area contributed by atoms with Crippen molar-refractivity contribution in [1.29, 1.82) is 0 Å². The average molecular weight is 362 g/mol. The van der Waals surface area contributed by atoms with E-state index in [1.165, 1.54) is 4.90 Å². The van der Waals surface area contributed by atoms with Crippen LogP contribution in [0.25, 0.3) is 0 Å². The van der Waals surface area contributed by atoms with Crippen LogP contribution in [-0.2, 0) is 14.3 Å². The molecular weight excluding hydrogens is 334 g/mol. The Kier molecular flexibility index (Phi) is 7.15. The van der Waals surface area contributed by atoms with Gasteiger partial charge in [-0.25, -0.2) is 0 Å². The zero-order valence-corrected chi connectivity index (χ0v) is 15.7. The molecular formula is C19H28N3O4+. The number of carbonyl (C=O) groups excluding carboxylic acids is 3. The first-order valence-electron chi connectivity index (χ1n) is 9.02. The highest BCUT2D eigenvalue weighted by atomic mass is 16.5. The van der Waals surface area contributed by atoms with Gasteiger partial charge in [0.25, 0.3) is 11.8 Å². The summed E-state index contributed by atoms with van der Waals surface area (Å²) in [5.74, 6) is -0.462. The molecule has 0 saturated carbocycles. The molecule has 1 unspecified atom stereocenters. The lowest BCUT2D eigenvalue weighted by molar-refractivity contribution is -0.899. The number of amides is 2. The van der Waals surface area contributed by atoms with Gasteiger partial charge < -0.3 is 19.9 Å². The summed E-state index contributed by atoms with van der Waals surface area (Å²) in [5, 5.41) is 2.85. The number of hydrogen-bond acceptors (Lipinski definition) is 4. The topological polar surface area (TPSA) is 80.1 Å². The molecule has 0 aromatic heterocycles. The van der Waals surface area contributed by atoms with Gasteiger partial charge in [-0.15, -0.1) is 0 Å². The molecule has 1 saturated heterocycles. The zero-order chi connectivity index (χ0) is 19.1. The lowest BCUT2D eigenvalue weighted by Gasteiger charge is -2.28. The molecule has 26 heavy (non-hydrogen) atoms. The van der Waals surface area contributed by atoms with Crippen molar-refractivity contribution in [2.75, 3.05) is 45.7 Å². The van der Waals surface area contributed by atoms with E-state index in [0.29, 0.717) is 30.9 Å². The van der Waals surface area contributed by atoms with Crippen LogP contribution in [0.5, 0.6) is 0 Å². The first-order valence-corrected chi connectivity index (χ1v) is 9.02. The van der Waals surface area contributed by atoms with Crippen molar-refractivity contribution in [3.8, 4) is 0 Å². The van der Waals surface area contributed by atoms with Crippen LogP contribution >= 0.6 is 0 Å². The molecule has 0 radical (unpaired) electrons. The number of carbonyl (C=O) groups is 3. The van der Waals surface area contributed by atoms with Gasteiger partial charge in [0.2, 0.25) is 0 Å². The predicted molar refractivity (Wildman–Crippen MR) is 98.0 cm³/mol. The van der Waals surface area contributed by atoms with Crippen LogP contribution in [0.2, 0.25) is 0 Å². The molecule has 1 aromatic carbocycles. The van der Waals surface area contributed by atoms with E-state index in [4.69, 9.17) is 4.74 Å². The van der Waals surface area contributed by atoms with Gasteiger partial charge in [-0.2, -0.15) is 0 Å². The third-order valence-corrected chi connectivity index (χ3v) is 4.47. The second-order valence-electron chi connectivity index (χ2n) is 6.80. The van der Waals surface area contributed by atoms with Crippen LogP contribution in [0.3, 0.4) is 0 Å². The first-order chi connectivity index (χ1) is 12.4. The summed E-state index contributed by atoms with van der Waals surface area (Å²) < 4.78 is 5.09. The molecule has 2 N–H and O–H groups in total. The lowest BCUT2D eigenvalue weighted by Crippen LogP contribution is -3.14. The van der Waals surface area contributed by atoms with Gasteiger partial charge in [0.15, 0.2) is 6.54 Å². The van der Waals surface area contributed by atoms with E-state index < -0.39 is 0 Å². The Bertz CT molecular complexity index is 643. The number of hydrogen-bond donors (Lipinski definition) is 2. The minimum Gasteiger partial charge on any atom is -0.466 e. The third kappa shape index (κ3) is 5.56. The summed E-state index contributed by atoms with van der Waals surface area (Å²) in [4.78, 5) is 38.6. The fraction of sp³-hybridized carbons (Fsp3) is 0.526. The van der Waals surface area contributed by atoms with Gasteiger partial charge in [0.1, 0.15) is 5.92 Å². The predicted octanol–water partition coefficient (Wildman–Crippen LogP) is 0.185. The summed E-state index contributed by atoms with van der Waals surface area (Å²) >= 11 is 0. The Balaban J connectivity index is 1.86. The van der Waals surface area contributed by atoms with Crippen molar-refractivity contribution in [1.82, 2.24) is 4.90 Å². The monoisotopic (exact) mass is 362 g/mol. The van der Waals surface area contributed by atoms with E-state index in [2.05, 4.69) is 5.32 Å². The van der Waals surface area contributed by atoms with Crippen molar-refractivity contribution in [2.24, 2.45) is 5.92 Å². The highest BCUT2D eigenvalue weighted by Gasteiger charge is 2.30. The van der Waals surface area contributed by atoms with Crippen LogP contribution in [0.4, 0.5) is 5.69 Å². The largest absolute Gasteiger partial charge is 0.466 e. The number of piperidine rings is 1. The molecule has 2 atom stereocenters. The Morgan fingerprint density at radius 2 is 1.92 bits per heavy atom. The number of esters is 1. The molecule has 1 heterocycles. The second-order valence-corrected chi connectivity index (χ2v) is 6.80. The molecule has 0 aliphatic carbocycles. The Morgan fingerprint density at radius 3 is 2.54 bits per heavy atom. The molecule has 0 spiro atoms. The van der Waals surface area contributed by atoms with Crippen LogP contribution in [0, 0.1) is 5.92 Å². The molecule has 7 nitrogen and oxygen atoms in total. The van der Waals surface area contributed by atoms with Crippen molar-refractivity contribution < 1.29 is 24.0 Å².